The van der Waals surface area contributed by atoms with Crippen LogP contribution in [0.25, 0.3) is 0 Å². The fourth-order valence-corrected chi connectivity index (χ4v) is 2.74. The molecule has 0 spiro atoms. The number of ether oxygens (including phenoxy) is 1. The van der Waals surface area contributed by atoms with Crippen LogP contribution >= 0.6 is 7.60 Å². The molecule has 7 nitrogen and oxygen atoms in total. The number of aliphatic hydroxyl groups is 3. The third kappa shape index (κ3) is 3.26. The molecule has 0 aliphatic carbocycles. The fourth-order valence-electron chi connectivity index (χ4n) is 2.17. The first-order chi connectivity index (χ1) is 7.66. The van der Waals surface area contributed by atoms with E-state index in [0.29, 0.717) is 0 Å². The Morgan fingerprint density at radius 1 is 1.29 bits per heavy atom. The van der Waals surface area contributed by atoms with Gasteiger partial charge in [-0.1, -0.05) is 13.8 Å². The van der Waals surface area contributed by atoms with Crippen LogP contribution < -0.4 is 0 Å². The van der Waals surface area contributed by atoms with E-state index in [1.165, 1.54) is 0 Å². The first-order valence-corrected chi connectivity index (χ1v) is 7.05. The molecule has 1 aliphatic rings. The van der Waals surface area contributed by atoms with E-state index in [2.05, 4.69) is 0 Å². The highest BCUT2D eigenvalue weighted by Gasteiger charge is 2.47. The van der Waals surface area contributed by atoms with Gasteiger partial charge in [-0.3, -0.25) is 4.57 Å². The molecule has 0 aromatic carbocycles. The maximum Gasteiger partial charge on any atom is 0.356 e. The van der Waals surface area contributed by atoms with Gasteiger partial charge in [0.05, 0.1) is 18.8 Å². The van der Waals surface area contributed by atoms with Crippen molar-refractivity contribution in [2.75, 3.05) is 6.61 Å². The predicted octanol–water partition coefficient (Wildman–Crippen LogP) is -1.12. The van der Waals surface area contributed by atoms with E-state index in [-0.39, 0.29) is 12.5 Å². The molecule has 1 fully saturated rings. The maximum atomic E-state index is 10.9. The van der Waals surface area contributed by atoms with E-state index in [1.54, 1.807) is 13.8 Å². The topological polar surface area (TPSA) is 127 Å². The minimum Gasteiger partial charge on any atom is -0.390 e. The molecule has 5 atom stereocenters. The Morgan fingerprint density at radius 3 is 2.24 bits per heavy atom. The first kappa shape index (κ1) is 15.0. The van der Waals surface area contributed by atoms with Crippen molar-refractivity contribution in [2.24, 2.45) is 11.8 Å². The van der Waals surface area contributed by atoms with Gasteiger partial charge in [-0.2, -0.15) is 0 Å². The van der Waals surface area contributed by atoms with Gasteiger partial charge in [-0.05, 0) is 5.92 Å². The lowest BCUT2D eigenvalue weighted by Crippen LogP contribution is -2.43. The second kappa shape index (κ2) is 5.32. The van der Waals surface area contributed by atoms with Crippen molar-refractivity contribution in [2.45, 2.75) is 38.0 Å². The highest BCUT2D eigenvalue weighted by molar-refractivity contribution is 7.52. The van der Waals surface area contributed by atoms with Crippen LogP contribution in [0.3, 0.4) is 0 Å². The molecule has 0 saturated carbocycles. The summed E-state index contributed by atoms with van der Waals surface area (Å²) in [6.07, 6.45) is -3.51. The standard InChI is InChI=1S/C9H19O7P/c1-4(2)6-5(10)3-16-8(6)7(11)9(12)17(13,14)15/h4-12H,3H2,1-2H3,(H2,13,14,15)/t5-,6?,7?,8+,9?/m1/s1. The molecule has 0 radical (unpaired) electrons. The van der Waals surface area contributed by atoms with Crippen molar-refractivity contribution < 1.29 is 34.4 Å². The quantitative estimate of drug-likeness (QED) is 0.409. The zero-order valence-electron chi connectivity index (χ0n) is 9.67. The van der Waals surface area contributed by atoms with Crippen LogP contribution in [0.4, 0.5) is 0 Å². The van der Waals surface area contributed by atoms with Crippen LogP contribution in [0.5, 0.6) is 0 Å². The Labute approximate surface area is 99.2 Å². The predicted molar refractivity (Wildman–Crippen MR) is 58.1 cm³/mol. The number of hydrogen-bond acceptors (Lipinski definition) is 5. The summed E-state index contributed by atoms with van der Waals surface area (Å²) in [7, 11) is -4.80. The molecule has 17 heavy (non-hydrogen) atoms. The SMILES string of the molecule is CC(C)C1[C@@H](C(O)C(O)P(=O)(O)O)OC[C@H]1O. The molecule has 1 rings (SSSR count). The van der Waals surface area contributed by atoms with E-state index < -0.39 is 37.7 Å². The summed E-state index contributed by atoms with van der Waals surface area (Å²) in [5.41, 5.74) is 0. The summed E-state index contributed by atoms with van der Waals surface area (Å²) in [5.74, 6) is -2.71. The zero-order valence-corrected chi connectivity index (χ0v) is 10.6. The van der Waals surface area contributed by atoms with Gasteiger partial charge in [0.15, 0.2) is 5.85 Å². The van der Waals surface area contributed by atoms with Crippen LogP contribution in [-0.4, -0.2) is 55.9 Å². The lowest BCUT2D eigenvalue weighted by molar-refractivity contribution is -0.0677. The van der Waals surface area contributed by atoms with Gasteiger partial charge < -0.3 is 29.8 Å². The number of hydrogen-bond donors (Lipinski definition) is 5. The Hall–Kier alpha value is -0.0100. The normalized spacial score (nSPS) is 34.0. The molecular formula is C9H19O7P. The van der Waals surface area contributed by atoms with Crippen molar-refractivity contribution in [1.29, 1.82) is 0 Å². The Bertz CT molecular complexity index is 302. The van der Waals surface area contributed by atoms with Gasteiger partial charge >= 0.3 is 7.60 Å². The van der Waals surface area contributed by atoms with Gasteiger partial charge in [0.2, 0.25) is 0 Å². The van der Waals surface area contributed by atoms with Crippen LogP contribution in [0, 0.1) is 11.8 Å². The third-order valence-electron chi connectivity index (χ3n) is 3.04. The van der Waals surface area contributed by atoms with Gasteiger partial charge in [0.1, 0.15) is 6.10 Å². The van der Waals surface area contributed by atoms with Gasteiger partial charge in [-0.15, -0.1) is 0 Å². The van der Waals surface area contributed by atoms with E-state index in [0.717, 1.165) is 0 Å². The summed E-state index contributed by atoms with van der Waals surface area (Å²) in [6, 6.07) is 0. The van der Waals surface area contributed by atoms with E-state index in [4.69, 9.17) is 14.5 Å². The summed E-state index contributed by atoms with van der Waals surface area (Å²) >= 11 is 0. The first-order valence-electron chi connectivity index (χ1n) is 5.37. The van der Waals surface area contributed by atoms with Crippen molar-refractivity contribution in [3.8, 4) is 0 Å². The monoisotopic (exact) mass is 270 g/mol. The molecule has 1 saturated heterocycles. The van der Waals surface area contributed by atoms with Gasteiger partial charge in [0, 0.05) is 5.92 Å². The minimum absolute atomic E-state index is 0.0154. The Balaban J connectivity index is 2.82. The Morgan fingerprint density at radius 2 is 1.82 bits per heavy atom. The van der Waals surface area contributed by atoms with Crippen molar-refractivity contribution >= 4 is 7.60 Å². The fraction of sp³-hybridized carbons (Fsp3) is 1.00. The highest BCUT2D eigenvalue weighted by Crippen LogP contribution is 2.44. The molecule has 5 N–H and O–H groups in total. The minimum atomic E-state index is -4.80. The lowest BCUT2D eigenvalue weighted by Gasteiger charge is -2.30. The highest BCUT2D eigenvalue weighted by atomic mass is 31.2. The maximum absolute atomic E-state index is 10.9. The molecule has 8 heteroatoms. The second-order valence-corrected chi connectivity index (χ2v) is 6.39. The van der Waals surface area contributed by atoms with Gasteiger partial charge in [0.25, 0.3) is 0 Å². The van der Waals surface area contributed by atoms with Crippen LogP contribution in [-0.2, 0) is 9.30 Å². The average molecular weight is 270 g/mol. The summed E-state index contributed by atoms with van der Waals surface area (Å²) in [4.78, 5) is 17.6. The average Bonchev–Trinajstić information content (AvgIpc) is 2.56. The van der Waals surface area contributed by atoms with Crippen LogP contribution in [0.15, 0.2) is 0 Å². The molecule has 0 aromatic heterocycles. The van der Waals surface area contributed by atoms with Crippen molar-refractivity contribution in [3.05, 3.63) is 0 Å². The molecule has 0 aromatic rings. The largest absolute Gasteiger partial charge is 0.390 e. The molecule has 102 valence electrons. The zero-order chi connectivity index (χ0) is 13.4. The van der Waals surface area contributed by atoms with E-state index in [9.17, 15) is 19.9 Å². The number of rotatable bonds is 4. The summed E-state index contributed by atoms with van der Waals surface area (Å²) < 4.78 is 16.0. The Kier molecular flexibility index (Phi) is 4.71. The van der Waals surface area contributed by atoms with Crippen molar-refractivity contribution in [3.63, 3.8) is 0 Å². The van der Waals surface area contributed by atoms with Crippen LogP contribution in [0.2, 0.25) is 0 Å². The smallest absolute Gasteiger partial charge is 0.356 e. The van der Waals surface area contributed by atoms with Crippen molar-refractivity contribution in [1.82, 2.24) is 0 Å². The summed E-state index contributed by atoms with van der Waals surface area (Å²) in [6.45, 7) is 3.58. The van der Waals surface area contributed by atoms with E-state index >= 15 is 0 Å². The molecule has 0 bridgehead atoms. The van der Waals surface area contributed by atoms with Crippen LogP contribution in [0.1, 0.15) is 13.8 Å². The lowest BCUT2D eigenvalue weighted by atomic mass is 9.85. The third-order valence-corrected chi connectivity index (χ3v) is 4.03. The van der Waals surface area contributed by atoms with Gasteiger partial charge in [-0.25, -0.2) is 0 Å². The molecule has 3 unspecified atom stereocenters. The van der Waals surface area contributed by atoms with E-state index in [1.807, 2.05) is 0 Å². The molecule has 0 amide bonds. The molecule has 1 aliphatic heterocycles. The molecular weight excluding hydrogens is 251 g/mol. The second-order valence-electron chi connectivity index (χ2n) is 4.68. The number of aliphatic hydroxyl groups excluding tert-OH is 3. The summed E-state index contributed by atoms with van der Waals surface area (Å²) in [5, 5.41) is 28.7. The molecule has 1 heterocycles.